The number of urea groups is 1. The second kappa shape index (κ2) is 12.3. The molecule has 0 saturated heterocycles. The molecular formula is C18H30N2O5. The average molecular weight is 354 g/mol. The number of amides is 2. The Morgan fingerprint density at radius 3 is 2.16 bits per heavy atom. The number of nitrogens with one attached hydrogen (secondary N) is 2. The molecule has 0 aromatic heterocycles. The van der Waals surface area contributed by atoms with Crippen LogP contribution in [0.4, 0.5) is 4.79 Å². The zero-order valence-electron chi connectivity index (χ0n) is 15.3. The van der Waals surface area contributed by atoms with Crippen LogP contribution in [-0.4, -0.2) is 37.2 Å². The van der Waals surface area contributed by atoms with Crippen molar-refractivity contribution in [3.63, 3.8) is 0 Å². The fourth-order valence-electron chi connectivity index (χ4n) is 2.36. The summed E-state index contributed by atoms with van der Waals surface area (Å²) in [7, 11) is 0. The van der Waals surface area contributed by atoms with Crippen molar-refractivity contribution in [3.8, 4) is 0 Å². The predicted molar refractivity (Wildman–Crippen MR) is 93.7 cm³/mol. The van der Waals surface area contributed by atoms with Crippen molar-refractivity contribution < 1.29 is 23.9 Å². The maximum absolute atomic E-state index is 12.0. The summed E-state index contributed by atoms with van der Waals surface area (Å²) in [6, 6.07) is -1.59. The van der Waals surface area contributed by atoms with E-state index in [1.807, 2.05) is 0 Å². The van der Waals surface area contributed by atoms with E-state index in [2.05, 4.69) is 24.5 Å². The molecule has 0 aromatic rings. The van der Waals surface area contributed by atoms with E-state index in [1.54, 1.807) is 0 Å². The first-order chi connectivity index (χ1) is 12.1. The molecule has 1 heterocycles. The van der Waals surface area contributed by atoms with E-state index >= 15 is 0 Å². The monoisotopic (exact) mass is 354 g/mol. The number of carbonyl (C=O) groups is 3. The van der Waals surface area contributed by atoms with Crippen LogP contribution in [0, 0.1) is 0 Å². The molecule has 25 heavy (non-hydrogen) atoms. The molecular weight excluding hydrogens is 324 g/mol. The van der Waals surface area contributed by atoms with Gasteiger partial charge >= 0.3 is 18.0 Å². The van der Waals surface area contributed by atoms with Crippen LogP contribution in [0.25, 0.3) is 0 Å². The van der Waals surface area contributed by atoms with E-state index in [4.69, 9.17) is 9.47 Å². The largest absolute Gasteiger partial charge is 0.464 e. The average Bonchev–Trinajstić information content (AvgIpc) is 2.60. The van der Waals surface area contributed by atoms with E-state index in [1.165, 1.54) is 6.08 Å². The molecule has 0 spiro atoms. The lowest BCUT2D eigenvalue weighted by Gasteiger charge is -2.21. The molecule has 1 aliphatic heterocycles. The standard InChI is InChI=1S/C18H30N2O5/c1-3-5-7-9-11-24-16(21)14-13-15(20-18(23)19-14)17(22)25-12-10-8-6-4-2/h13-14H,3-12H2,1-2H3,(H2,19,20,23). The summed E-state index contributed by atoms with van der Waals surface area (Å²) in [5, 5.41) is 4.79. The van der Waals surface area contributed by atoms with Crippen LogP contribution >= 0.6 is 0 Å². The van der Waals surface area contributed by atoms with E-state index in [9.17, 15) is 14.4 Å². The third kappa shape index (κ3) is 8.56. The summed E-state index contributed by atoms with van der Waals surface area (Å²) < 4.78 is 10.3. The van der Waals surface area contributed by atoms with Gasteiger partial charge in [0.05, 0.1) is 13.2 Å². The van der Waals surface area contributed by atoms with Crippen molar-refractivity contribution in [2.75, 3.05) is 13.2 Å². The highest BCUT2D eigenvalue weighted by atomic mass is 16.5. The van der Waals surface area contributed by atoms with Crippen LogP contribution in [-0.2, 0) is 19.1 Å². The molecule has 1 unspecified atom stereocenters. The third-order valence-corrected chi connectivity index (χ3v) is 3.82. The summed E-state index contributed by atoms with van der Waals surface area (Å²) in [5.74, 6) is -1.20. The van der Waals surface area contributed by atoms with Crippen molar-refractivity contribution in [1.29, 1.82) is 0 Å². The molecule has 7 nitrogen and oxygen atoms in total. The Balaban J connectivity index is 2.43. The topological polar surface area (TPSA) is 93.7 Å². The highest BCUT2D eigenvalue weighted by Crippen LogP contribution is 2.07. The second-order valence-corrected chi connectivity index (χ2v) is 6.08. The van der Waals surface area contributed by atoms with Crippen LogP contribution in [0.1, 0.15) is 65.2 Å². The summed E-state index contributed by atoms with van der Waals surface area (Å²) in [5.41, 5.74) is -0.0211. The van der Waals surface area contributed by atoms with Crippen molar-refractivity contribution in [3.05, 3.63) is 11.8 Å². The van der Waals surface area contributed by atoms with Gasteiger partial charge in [0.1, 0.15) is 11.7 Å². The molecule has 1 atom stereocenters. The van der Waals surface area contributed by atoms with E-state index in [-0.39, 0.29) is 5.70 Å². The Morgan fingerprint density at radius 1 is 0.960 bits per heavy atom. The minimum absolute atomic E-state index is 0.0211. The van der Waals surface area contributed by atoms with Crippen molar-refractivity contribution in [1.82, 2.24) is 10.6 Å². The maximum Gasteiger partial charge on any atom is 0.354 e. The van der Waals surface area contributed by atoms with Crippen LogP contribution in [0.3, 0.4) is 0 Å². The predicted octanol–water partition coefficient (Wildman–Crippen LogP) is 2.80. The molecule has 0 fully saturated rings. The molecule has 1 aliphatic rings. The zero-order chi connectivity index (χ0) is 18.5. The first-order valence-corrected chi connectivity index (χ1v) is 9.21. The molecule has 2 amide bonds. The fourth-order valence-corrected chi connectivity index (χ4v) is 2.36. The van der Waals surface area contributed by atoms with Gasteiger partial charge in [-0.25, -0.2) is 14.4 Å². The number of rotatable bonds is 12. The molecule has 142 valence electrons. The lowest BCUT2D eigenvalue weighted by molar-refractivity contribution is -0.144. The van der Waals surface area contributed by atoms with Gasteiger partial charge in [0.25, 0.3) is 0 Å². The zero-order valence-corrected chi connectivity index (χ0v) is 15.3. The lowest BCUT2D eigenvalue weighted by atomic mass is 10.2. The quantitative estimate of drug-likeness (QED) is 0.415. The van der Waals surface area contributed by atoms with Crippen molar-refractivity contribution in [2.24, 2.45) is 0 Å². The first-order valence-electron chi connectivity index (χ1n) is 9.21. The SMILES string of the molecule is CCCCCCOC(=O)C1=CC(C(=O)OCCCCCC)NC(=O)N1. The normalized spacial score (nSPS) is 16.5. The highest BCUT2D eigenvalue weighted by molar-refractivity contribution is 5.98. The summed E-state index contributed by atoms with van der Waals surface area (Å²) in [6.45, 7) is 4.81. The molecule has 7 heteroatoms. The minimum Gasteiger partial charge on any atom is -0.464 e. The van der Waals surface area contributed by atoms with Crippen LogP contribution in [0.2, 0.25) is 0 Å². The van der Waals surface area contributed by atoms with E-state index in [0.717, 1.165) is 51.4 Å². The summed E-state index contributed by atoms with van der Waals surface area (Å²) >= 11 is 0. The third-order valence-electron chi connectivity index (χ3n) is 3.82. The summed E-state index contributed by atoms with van der Waals surface area (Å²) in [4.78, 5) is 35.7. The van der Waals surface area contributed by atoms with Gasteiger partial charge < -0.3 is 20.1 Å². The molecule has 1 rings (SSSR count). The van der Waals surface area contributed by atoms with Gasteiger partial charge in [0, 0.05) is 0 Å². The number of hydrogen-bond donors (Lipinski definition) is 2. The van der Waals surface area contributed by atoms with E-state index in [0.29, 0.717) is 13.2 Å². The van der Waals surface area contributed by atoms with Gasteiger partial charge in [-0.3, -0.25) is 0 Å². The number of ether oxygens (including phenoxy) is 2. The van der Waals surface area contributed by atoms with Gasteiger partial charge in [-0.1, -0.05) is 52.4 Å². The number of carbonyl (C=O) groups excluding carboxylic acids is 3. The Morgan fingerprint density at radius 2 is 1.56 bits per heavy atom. The van der Waals surface area contributed by atoms with Crippen LogP contribution in [0.5, 0.6) is 0 Å². The first kappa shape index (κ1) is 21.0. The molecule has 0 radical (unpaired) electrons. The Labute approximate surface area is 149 Å². The number of esters is 2. The van der Waals surface area contributed by atoms with Gasteiger partial charge in [0.15, 0.2) is 0 Å². The molecule has 0 aromatic carbocycles. The van der Waals surface area contributed by atoms with Gasteiger partial charge in [-0.15, -0.1) is 0 Å². The van der Waals surface area contributed by atoms with Gasteiger partial charge in [-0.2, -0.15) is 0 Å². The Bertz CT molecular complexity index is 476. The molecule has 0 saturated carbocycles. The summed E-state index contributed by atoms with van der Waals surface area (Å²) in [6.07, 6.45) is 9.27. The molecule has 0 aliphatic carbocycles. The molecule has 0 bridgehead atoms. The smallest absolute Gasteiger partial charge is 0.354 e. The Kier molecular flexibility index (Phi) is 10.4. The van der Waals surface area contributed by atoms with Gasteiger partial charge in [0.2, 0.25) is 0 Å². The second-order valence-electron chi connectivity index (χ2n) is 6.08. The van der Waals surface area contributed by atoms with Gasteiger partial charge in [-0.05, 0) is 18.9 Å². The fraction of sp³-hybridized carbons (Fsp3) is 0.722. The Hall–Kier alpha value is -2.05. The lowest BCUT2D eigenvalue weighted by Crippen LogP contribution is -2.51. The van der Waals surface area contributed by atoms with Crippen molar-refractivity contribution >= 4 is 18.0 Å². The number of hydrogen-bond acceptors (Lipinski definition) is 5. The number of unbranched alkanes of at least 4 members (excludes halogenated alkanes) is 6. The van der Waals surface area contributed by atoms with Crippen molar-refractivity contribution in [2.45, 2.75) is 71.3 Å². The van der Waals surface area contributed by atoms with Crippen LogP contribution < -0.4 is 10.6 Å². The maximum atomic E-state index is 12.0. The molecule has 2 N–H and O–H groups in total. The van der Waals surface area contributed by atoms with Crippen LogP contribution in [0.15, 0.2) is 11.8 Å². The van der Waals surface area contributed by atoms with E-state index < -0.39 is 24.0 Å². The highest BCUT2D eigenvalue weighted by Gasteiger charge is 2.28. The minimum atomic E-state index is -0.970.